The summed E-state index contributed by atoms with van der Waals surface area (Å²) in [5.74, 6) is -0.322. The lowest BCUT2D eigenvalue weighted by atomic mass is 10.1. The minimum Gasteiger partial charge on any atom is -0.392 e. The molecule has 4 heteroatoms. The third kappa shape index (κ3) is 2.71. The summed E-state index contributed by atoms with van der Waals surface area (Å²) in [6, 6.07) is 4.75. The van der Waals surface area contributed by atoms with Crippen molar-refractivity contribution < 1.29 is 14.2 Å². The molecule has 1 aromatic carbocycles. The van der Waals surface area contributed by atoms with Gasteiger partial charge in [-0.25, -0.2) is 4.39 Å². The summed E-state index contributed by atoms with van der Waals surface area (Å²) in [5, 5.41) is 9.18. The van der Waals surface area contributed by atoms with Gasteiger partial charge in [0, 0.05) is 25.8 Å². The van der Waals surface area contributed by atoms with Crippen molar-refractivity contribution in [2.75, 3.05) is 25.7 Å². The molecule has 90 valence electrons. The number of methoxy groups -OCH3 is 1. The Morgan fingerprint density at radius 3 is 2.75 bits per heavy atom. The van der Waals surface area contributed by atoms with Crippen LogP contribution in [0.15, 0.2) is 18.2 Å². The third-order valence-electron chi connectivity index (χ3n) is 2.66. The van der Waals surface area contributed by atoms with Crippen LogP contribution >= 0.6 is 0 Å². The summed E-state index contributed by atoms with van der Waals surface area (Å²) in [7, 11) is 3.40. The highest BCUT2D eigenvalue weighted by Gasteiger charge is 2.16. The molecule has 0 fully saturated rings. The molecule has 0 saturated heterocycles. The van der Waals surface area contributed by atoms with Gasteiger partial charge in [-0.1, -0.05) is 12.1 Å². The summed E-state index contributed by atoms with van der Waals surface area (Å²) >= 11 is 0. The van der Waals surface area contributed by atoms with Crippen LogP contribution in [-0.4, -0.2) is 31.9 Å². The number of para-hydroxylation sites is 1. The van der Waals surface area contributed by atoms with E-state index in [2.05, 4.69) is 0 Å². The molecular weight excluding hydrogens is 209 g/mol. The SMILES string of the molecule is COCC(C)N(C)c1c(F)cccc1CO. The molecule has 1 N–H and O–H groups in total. The van der Waals surface area contributed by atoms with Crippen LogP contribution in [-0.2, 0) is 11.3 Å². The zero-order valence-corrected chi connectivity index (χ0v) is 9.90. The van der Waals surface area contributed by atoms with E-state index in [0.717, 1.165) is 0 Å². The Morgan fingerprint density at radius 1 is 1.50 bits per heavy atom. The number of halogens is 1. The van der Waals surface area contributed by atoms with Crippen LogP contribution in [0.25, 0.3) is 0 Å². The molecule has 0 heterocycles. The zero-order valence-electron chi connectivity index (χ0n) is 9.90. The summed E-state index contributed by atoms with van der Waals surface area (Å²) in [5.41, 5.74) is 1.03. The molecule has 0 spiro atoms. The maximum atomic E-state index is 13.7. The fourth-order valence-corrected chi connectivity index (χ4v) is 1.66. The Hall–Kier alpha value is -1.13. The molecule has 0 amide bonds. The van der Waals surface area contributed by atoms with Crippen LogP contribution in [0.3, 0.4) is 0 Å². The van der Waals surface area contributed by atoms with Gasteiger partial charge in [-0.15, -0.1) is 0 Å². The van der Waals surface area contributed by atoms with Gasteiger partial charge in [-0.3, -0.25) is 0 Å². The Kier molecular flexibility index (Phi) is 4.71. The van der Waals surface area contributed by atoms with E-state index in [9.17, 15) is 9.50 Å². The van der Waals surface area contributed by atoms with Crippen LogP contribution in [0.1, 0.15) is 12.5 Å². The van der Waals surface area contributed by atoms with Gasteiger partial charge < -0.3 is 14.7 Å². The van der Waals surface area contributed by atoms with Crippen LogP contribution in [0, 0.1) is 5.82 Å². The quantitative estimate of drug-likeness (QED) is 0.832. The molecule has 1 unspecified atom stereocenters. The summed E-state index contributed by atoms with van der Waals surface area (Å²) in [6.07, 6.45) is 0. The topological polar surface area (TPSA) is 32.7 Å². The lowest BCUT2D eigenvalue weighted by molar-refractivity contribution is 0.183. The fourth-order valence-electron chi connectivity index (χ4n) is 1.66. The predicted octanol–water partition coefficient (Wildman–Crippen LogP) is 1.79. The molecule has 0 bridgehead atoms. The van der Waals surface area contributed by atoms with E-state index in [1.165, 1.54) is 6.07 Å². The molecule has 1 atom stereocenters. The van der Waals surface area contributed by atoms with Crippen LogP contribution < -0.4 is 4.90 Å². The summed E-state index contributed by atoms with van der Waals surface area (Å²) in [6.45, 7) is 2.28. The smallest absolute Gasteiger partial charge is 0.146 e. The molecule has 3 nitrogen and oxygen atoms in total. The van der Waals surface area contributed by atoms with Crippen molar-refractivity contribution in [2.24, 2.45) is 0 Å². The molecule has 0 aliphatic heterocycles. The van der Waals surface area contributed by atoms with Gasteiger partial charge in [0.05, 0.1) is 18.9 Å². The Balaban J connectivity index is 3.01. The first-order valence-corrected chi connectivity index (χ1v) is 5.21. The van der Waals surface area contributed by atoms with Gasteiger partial charge in [0.1, 0.15) is 5.82 Å². The molecule has 0 aliphatic carbocycles. The van der Waals surface area contributed by atoms with E-state index < -0.39 is 0 Å². The standard InChI is InChI=1S/C12H18FNO2/c1-9(8-16-3)14(2)12-10(7-15)5-4-6-11(12)13/h4-6,9,15H,7-8H2,1-3H3. The summed E-state index contributed by atoms with van der Waals surface area (Å²) < 4.78 is 18.7. The average Bonchev–Trinajstić information content (AvgIpc) is 2.28. The van der Waals surface area contributed by atoms with E-state index in [1.54, 1.807) is 31.2 Å². The maximum Gasteiger partial charge on any atom is 0.146 e. The number of ether oxygens (including phenoxy) is 1. The minimum absolute atomic E-state index is 0.0483. The molecule has 0 aliphatic rings. The highest BCUT2D eigenvalue weighted by atomic mass is 19.1. The molecule has 1 rings (SSSR count). The molecule has 0 saturated carbocycles. The average molecular weight is 227 g/mol. The first-order chi connectivity index (χ1) is 7.61. The van der Waals surface area contributed by atoms with E-state index in [-0.39, 0.29) is 18.5 Å². The van der Waals surface area contributed by atoms with Gasteiger partial charge >= 0.3 is 0 Å². The largest absolute Gasteiger partial charge is 0.392 e. The number of aliphatic hydroxyl groups excluding tert-OH is 1. The fraction of sp³-hybridized carbons (Fsp3) is 0.500. The molecule has 0 aromatic heterocycles. The maximum absolute atomic E-state index is 13.7. The highest BCUT2D eigenvalue weighted by molar-refractivity contribution is 5.54. The Labute approximate surface area is 95.5 Å². The lowest BCUT2D eigenvalue weighted by Gasteiger charge is -2.28. The van der Waals surface area contributed by atoms with E-state index in [1.807, 2.05) is 6.92 Å². The van der Waals surface area contributed by atoms with Gasteiger partial charge in [0.2, 0.25) is 0 Å². The number of rotatable bonds is 5. The van der Waals surface area contributed by atoms with Crippen molar-refractivity contribution in [2.45, 2.75) is 19.6 Å². The van der Waals surface area contributed by atoms with Crippen molar-refractivity contribution in [1.29, 1.82) is 0 Å². The van der Waals surface area contributed by atoms with Gasteiger partial charge in [-0.2, -0.15) is 0 Å². The van der Waals surface area contributed by atoms with Crippen molar-refractivity contribution in [3.63, 3.8) is 0 Å². The predicted molar refractivity (Wildman–Crippen MR) is 62.1 cm³/mol. The van der Waals surface area contributed by atoms with E-state index >= 15 is 0 Å². The second-order valence-corrected chi connectivity index (χ2v) is 3.82. The number of benzene rings is 1. The first-order valence-electron chi connectivity index (χ1n) is 5.21. The van der Waals surface area contributed by atoms with Crippen LogP contribution in [0.2, 0.25) is 0 Å². The molecular formula is C12H18FNO2. The van der Waals surface area contributed by atoms with Crippen molar-refractivity contribution >= 4 is 5.69 Å². The Morgan fingerprint density at radius 2 is 2.19 bits per heavy atom. The number of nitrogens with zero attached hydrogens (tertiary/aromatic N) is 1. The monoisotopic (exact) mass is 227 g/mol. The van der Waals surface area contributed by atoms with E-state index in [4.69, 9.17) is 4.74 Å². The molecule has 1 aromatic rings. The molecule has 0 radical (unpaired) electrons. The molecule has 16 heavy (non-hydrogen) atoms. The zero-order chi connectivity index (χ0) is 12.1. The number of likely N-dealkylation sites (N-methyl/N-ethyl adjacent to an activating group) is 1. The Bertz CT molecular complexity index is 344. The van der Waals surface area contributed by atoms with E-state index in [0.29, 0.717) is 17.9 Å². The van der Waals surface area contributed by atoms with Gasteiger partial charge in [0.25, 0.3) is 0 Å². The second kappa shape index (κ2) is 5.82. The van der Waals surface area contributed by atoms with Crippen LogP contribution in [0.4, 0.5) is 10.1 Å². The van der Waals surface area contributed by atoms with Crippen molar-refractivity contribution in [1.82, 2.24) is 0 Å². The summed E-state index contributed by atoms with van der Waals surface area (Å²) in [4.78, 5) is 1.78. The highest BCUT2D eigenvalue weighted by Crippen LogP contribution is 2.25. The van der Waals surface area contributed by atoms with Crippen molar-refractivity contribution in [3.05, 3.63) is 29.6 Å². The van der Waals surface area contributed by atoms with Crippen LogP contribution in [0.5, 0.6) is 0 Å². The number of anilines is 1. The van der Waals surface area contributed by atoms with Crippen molar-refractivity contribution in [3.8, 4) is 0 Å². The first kappa shape index (κ1) is 12.9. The number of hydrogen-bond donors (Lipinski definition) is 1. The normalized spacial score (nSPS) is 12.6. The second-order valence-electron chi connectivity index (χ2n) is 3.82. The number of hydrogen-bond acceptors (Lipinski definition) is 3. The van der Waals surface area contributed by atoms with Gasteiger partial charge in [-0.05, 0) is 13.0 Å². The third-order valence-corrected chi connectivity index (χ3v) is 2.66. The number of aliphatic hydroxyl groups is 1. The minimum atomic E-state index is -0.322. The lowest BCUT2D eigenvalue weighted by Crippen LogP contribution is -2.34. The van der Waals surface area contributed by atoms with Gasteiger partial charge in [0.15, 0.2) is 0 Å².